The van der Waals surface area contributed by atoms with Crippen LogP contribution < -0.4 is 11.1 Å². The first-order chi connectivity index (χ1) is 8.19. The van der Waals surface area contributed by atoms with Gasteiger partial charge >= 0.3 is 0 Å². The third-order valence-corrected chi connectivity index (χ3v) is 3.46. The monoisotopic (exact) mass is 316 g/mol. The Morgan fingerprint density at radius 1 is 1.53 bits per heavy atom. The fraction of sp³-hybridized carbons (Fsp3) is 0.385. The molecule has 0 aromatic heterocycles. The first-order valence-electron chi connectivity index (χ1n) is 5.68. The number of rotatable bonds is 6. The largest absolute Gasteiger partial charge is 0.329 e. The van der Waals surface area contributed by atoms with Crippen LogP contribution in [-0.4, -0.2) is 13.1 Å². The van der Waals surface area contributed by atoms with Gasteiger partial charge in [-0.2, -0.15) is 0 Å². The molecule has 0 aliphatic rings. The van der Waals surface area contributed by atoms with Gasteiger partial charge in [0.15, 0.2) is 0 Å². The van der Waals surface area contributed by atoms with Gasteiger partial charge in [0.1, 0.15) is 0 Å². The Morgan fingerprint density at radius 3 is 2.94 bits per heavy atom. The highest BCUT2D eigenvalue weighted by molar-refractivity contribution is 9.10. The lowest BCUT2D eigenvalue weighted by Crippen LogP contribution is -2.29. The third kappa shape index (κ3) is 4.80. The van der Waals surface area contributed by atoms with E-state index in [2.05, 4.69) is 33.4 Å². The van der Waals surface area contributed by atoms with E-state index in [4.69, 9.17) is 17.3 Å². The van der Waals surface area contributed by atoms with Crippen LogP contribution in [0.5, 0.6) is 0 Å². The first-order valence-corrected chi connectivity index (χ1v) is 6.85. The fourth-order valence-corrected chi connectivity index (χ4v) is 2.31. The van der Waals surface area contributed by atoms with Crippen molar-refractivity contribution < 1.29 is 0 Å². The van der Waals surface area contributed by atoms with Crippen molar-refractivity contribution in [1.29, 1.82) is 0 Å². The van der Waals surface area contributed by atoms with Crippen LogP contribution in [0.1, 0.15) is 24.9 Å². The van der Waals surface area contributed by atoms with E-state index >= 15 is 0 Å². The molecule has 1 aromatic carbocycles. The summed E-state index contributed by atoms with van der Waals surface area (Å²) in [5.74, 6) is 0. The molecule has 17 heavy (non-hydrogen) atoms. The van der Waals surface area contributed by atoms with Crippen molar-refractivity contribution in [2.45, 2.75) is 19.4 Å². The molecule has 0 radical (unpaired) electrons. The molecule has 0 aliphatic heterocycles. The molecule has 0 saturated heterocycles. The molecule has 0 fully saturated rings. The molecular weight excluding hydrogens is 300 g/mol. The minimum absolute atomic E-state index is 0.133. The maximum Gasteiger partial charge on any atom is 0.0456 e. The molecule has 0 amide bonds. The van der Waals surface area contributed by atoms with Gasteiger partial charge in [-0.3, -0.25) is 0 Å². The Hall–Kier alpha value is -0.350. The summed E-state index contributed by atoms with van der Waals surface area (Å²) in [7, 11) is 0. The second kappa shape index (κ2) is 7.88. The van der Waals surface area contributed by atoms with Gasteiger partial charge in [-0.25, -0.2) is 0 Å². The summed E-state index contributed by atoms with van der Waals surface area (Å²) in [6.07, 6.45) is 5.19. The summed E-state index contributed by atoms with van der Waals surface area (Å²) in [5, 5.41) is 4.16. The van der Waals surface area contributed by atoms with E-state index in [1.165, 1.54) is 0 Å². The van der Waals surface area contributed by atoms with Crippen molar-refractivity contribution in [3.63, 3.8) is 0 Å². The molecule has 0 aliphatic carbocycles. The van der Waals surface area contributed by atoms with E-state index in [-0.39, 0.29) is 6.04 Å². The van der Waals surface area contributed by atoms with Crippen LogP contribution in [0, 0.1) is 0 Å². The predicted octanol–water partition coefficient (Wildman–Crippen LogP) is 3.66. The highest BCUT2D eigenvalue weighted by Gasteiger charge is 2.12. The molecule has 1 aromatic rings. The Bertz CT molecular complexity index is 380. The molecule has 1 unspecified atom stereocenters. The molecule has 1 rings (SSSR count). The smallest absolute Gasteiger partial charge is 0.0456 e. The van der Waals surface area contributed by atoms with Crippen molar-refractivity contribution in [3.8, 4) is 0 Å². The van der Waals surface area contributed by atoms with Crippen LogP contribution in [-0.2, 0) is 0 Å². The van der Waals surface area contributed by atoms with Crippen LogP contribution in [0.2, 0.25) is 5.02 Å². The van der Waals surface area contributed by atoms with Gasteiger partial charge in [-0.15, -0.1) is 0 Å². The van der Waals surface area contributed by atoms with Crippen LogP contribution in [0.15, 0.2) is 34.8 Å². The van der Waals surface area contributed by atoms with E-state index in [9.17, 15) is 0 Å². The highest BCUT2D eigenvalue weighted by Crippen LogP contribution is 2.26. The molecule has 2 nitrogen and oxygen atoms in total. The zero-order chi connectivity index (χ0) is 12.7. The highest BCUT2D eigenvalue weighted by atomic mass is 79.9. The fourth-order valence-electron chi connectivity index (χ4n) is 1.61. The molecule has 94 valence electrons. The van der Waals surface area contributed by atoms with Crippen molar-refractivity contribution in [1.82, 2.24) is 5.32 Å². The second-order valence-corrected chi connectivity index (χ2v) is 5.06. The molecule has 4 heteroatoms. The van der Waals surface area contributed by atoms with Gasteiger partial charge in [0.05, 0.1) is 0 Å². The van der Waals surface area contributed by atoms with Gasteiger partial charge < -0.3 is 11.1 Å². The minimum Gasteiger partial charge on any atom is -0.329 e. The summed E-state index contributed by atoms with van der Waals surface area (Å²) < 4.78 is 1.04. The van der Waals surface area contributed by atoms with Crippen molar-refractivity contribution in [2.75, 3.05) is 13.1 Å². The number of halogens is 2. The molecule has 0 bridgehead atoms. The second-order valence-electron chi connectivity index (χ2n) is 3.77. The van der Waals surface area contributed by atoms with Crippen LogP contribution >= 0.6 is 27.5 Å². The quantitative estimate of drug-likeness (QED) is 0.621. The normalized spacial score (nSPS) is 13.2. The lowest BCUT2D eigenvalue weighted by Gasteiger charge is -2.18. The van der Waals surface area contributed by atoms with Gasteiger partial charge in [0, 0.05) is 22.1 Å². The van der Waals surface area contributed by atoms with E-state index < -0.39 is 0 Å². The molecule has 0 saturated carbocycles. The molecule has 0 spiro atoms. The summed E-state index contributed by atoms with van der Waals surface area (Å²) >= 11 is 9.53. The summed E-state index contributed by atoms with van der Waals surface area (Å²) in [6, 6.07) is 5.90. The number of hydrogen-bond donors (Lipinski definition) is 2. The van der Waals surface area contributed by atoms with Gasteiger partial charge in [0.2, 0.25) is 0 Å². The van der Waals surface area contributed by atoms with Gasteiger partial charge in [0.25, 0.3) is 0 Å². The lowest BCUT2D eigenvalue weighted by atomic mass is 10.1. The van der Waals surface area contributed by atoms with E-state index in [1.807, 2.05) is 25.1 Å². The number of nitrogens with one attached hydrogen (secondary N) is 1. The Kier molecular flexibility index (Phi) is 6.82. The Morgan fingerprint density at radius 2 is 2.29 bits per heavy atom. The average Bonchev–Trinajstić information content (AvgIpc) is 2.33. The maximum atomic E-state index is 6.00. The first kappa shape index (κ1) is 14.7. The SMILES string of the molecule is C/C=C/CCNC(CN)c1cc(Cl)ccc1Br. The van der Waals surface area contributed by atoms with Gasteiger partial charge in [-0.05, 0) is 43.7 Å². The van der Waals surface area contributed by atoms with Crippen LogP contribution in [0.25, 0.3) is 0 Å². The summed E-state index contributed by atoms with van der Waals surface area (Å²) in [5.41, 5.74) is 6.91. The van der Waals surface area contributed by atoms with Crippen LogP contribution in [0.3, 0.4) is 0 Å². The topological polar surface area (TPSA) is 38.0 Å². The predicted molar refractivity (Wildman–Crippen MR) is 78.4 cm³/mol. The Balaban J connectivity index is 2.68. The number of hydrogen-bond acceptors (Lipinski definition) is 2. The molecule has 3 N–H and O–H groups in total. The molecule has 0 heterocycles. The molecule has 1 atom stereocenters. The zero-order valence-electron chi connectivity index (χ0n) is 9.92. The van der Waals surface area contributed by atoms with Gasteiger partial charge in [-0.1, -0.05) is 39.7 Å². The standard InChI is InChI=1S/C13H18BrClN2/c1-2-3-4-7-17-13(9-16)11-8-10(15)5-6-12(11)14/h2-3,5-6,8,13,17H,4,7,9,16H2,1H3/b3-2+. The van der Waals surface area contributed by atoms with Crippen molar-refractivity contribution in [3.05, 3.63) is 45.4 Å². The summed E-state index contributed by atoms with van der Waals surface area (Å²) in [4.78, 5) is 0. The van der Waals surface area contributed by atoms with E-state index in [0.717, 1.165) is 28.0 Å². The number of benzene rings is 1. The zero-order valence-corrected chi connectivity index (χ0v) is 12.3. The van der Waals surface area contributed by atoms with Crippen molar-refractivity contribution >= 4 is 27.5 Å². The minimum atomic E-state index is 0.133. The van der Waals surface area contributed by atoms with Crippen molar-refractivity contribution in [2.24, 2.45) is 5.73 Å². The van der Waals surface area contributed by atoms with E-state index in [0.29, 0.717) is 6.54 Å². The van der Waals surface area contributed by atoms with E-state index in [1.54, 1.807) is 0 Å². The number of nitrogens with two attached hydrogens (primary N) is 1. The average molecular weight is 318 g/mol. The third-order valence-electron chi connectivity index (χ3n) is 2.51. The maximum absolute atomic E-state index is 6.00. The van der Waals surface area contributed by atoms with Crippen LogP contribution in [0.4, 0.5) is 0 Å². The summed E-state index contributed by atoms with van der Waals surface area (Å²) in [6.45, 7) is 3.48. The lowest BCUT2D eigenvalue weighted by molar-refractivity contribution is 0.546. The number of allylic oxidation sites excluding steroid dienone is 1. The molecular formula is C13H18BrClN2. The Labute approximate surface area is 116 Å².